The number of hydrogen-bond donors (Lipinski definition) is 2. The van der Waals surface area contributed by atoms with E-state index in [0.717, 1.165) is 12.0 Å². The molecule has 29 heavy (non-hydrogen) atoms. The van der Waals surface area contributed by atoms with Gasteiger partial charge in [-0.2, -0.15) is 0 Å². The van der Waals surface area contributed by atoms with Crippen molar-refractivity contribution in [2.24, 2.45) is 0 Å². The van der Waals surface area contributed by atoms with Crippen molar-refractivity contribution in [2.75, 3.05) is 25.8 Å². The summed E-state index contributed by atoms with van der Waals surface area (Å²) in [5, 5.41) is 5.76. The third-order valence-corrected chi connectivity index (χ3v) is 5.07. The van der Waals surface area contributed by atoms with Crippen LogP contribution in [-0.2, 0) is 11.3 Å². The Morgan fingerprint density at radius 1 is 1.17 bits per heavy atom. The lowest BCUT2D eigenvalue weighted by Gasteiger charge is -2.24. The molecule has 8 nitrogen and oxygen atoms in total. The van der Waals surface area contributed by atoms with E-state index < -0.39 is 6.04 Å². The molecule has 2 N–H and O–H groups in total. The average molecular weight is 397 g/mol. The summed E-state index contributed by atoms with van der Waals surface area (Å²) < 4.78 is 15.9. The molecule has 2 aliphatic rings. The Balaban J connectivity index is 1.37. The number of ether oxygens (including phenoxy) is 3. The molecule has 8 heteroatoms. The summed E-state index contributed by atoms with van der Waals surface area (Å²) in [4.78, 5) is 27.0. The van der Waals surface area contributed by atoms with Gasteiger partial charge in [0.25, 0.3) is 0 Å². The standard InChI is InChI=1S/C21H23N3O5/c1-27-17-7-3-2-5-15(17)23-21(26)24-10-4-6-16(24)20(25)22-12-14-8-9-18-19(11-14)29-13-28-18/h2-3,5,7-9,11,16H,4,6,10,12-13H2,1H3,(H,22,25)(H,23,26)/t16-/m1/s1. The molecule has 152 valence electrons. The van der Waals surface area contributed by atoms with Crippen LogP contribution in [0.5, 0.6) is 17.2 Å². The topological polar surface area (TPSA) is 89.1 Å². The monoisotopic (exact) mass is 397 g/mol. The number of carbonyl (C=O) groups excluding carboxylic acids is 2. The van der Waals surface area contributed by atoms with Crippen molar-refractivity contribution < 1.29 is 23.8 Å². The van der Waals surface area contributed by atoms with Crippen LogP contribution in [0.25, 0.3) is 0 Å². The molecule has 1 atom stereocenters. The first kappa shape index (κ1) is 18.9. The number of nitrogens with one attached hydrogen (secondary N) is 2. The van der Waals surface area contributed by atoms with Gasteiger partial charge in [0.05, 0.1) is 12.8 Å². The van der Waals surface area contributed by atoms with Crippen molar-refractivity contribution in [2.45, 2.75) is 25.4 Å². The number of methoxy groups -OCH3 is 1. The van der Waals surface area contributed by atoms with Crippen LogP contribution in [0.1, 0.15) is 18.4 Å². The molecule has 0 radical (unpaired) electrons. The first-order chi connectivity index (χ1) is 14.2. The Morgan fingerprint density at radius 3 is 2.86 bits per heavy atom. The molecule has 0 aromatic heterocycles. The summed E-state index contributed by atoms with van der Waals surface area (Å²) >= 11 is 0. The van der Waals surface area contributed by atoms with E-state index in [4.69, 9.17) is 14.2 Å². The van der Waals surface area contributed by atoms with Crippen LogP contribution in [0.3, 0.4) is 0 Å². The fourth-order valence-corrected chi connectivity index (χ4v) is 3.58. The van der Waals surface area contributed by atoms with Gasteiger partial charge in [-0.3, -0.25) is 4.79 Å². The van der Waals surface area contributed by atoms with Crippen LogP contribution in [-0.4, -0.2) is 43.3 Å². The normalized spacial score (nSPS) is 17.1. The average Bonchev–Trinajstić information content (AvgIpc) is 3.41. The van der Waals surface area contributed by atoms with E-state index >= 15 is 0 Å². The van der Waals surface area contributed by atoms with Crippen LogP contribution in [0.2, 0.25) is 0 Å². The number of benzene rings is 2. The first-order valence-corrected chi connectivity index (χ1v) is 9.52. The van der Waals surface area contributed by atoms with Gasteiger partial charge in [-0.15, -0.1) is 0 Å². The molecule has 3 amide bonds. The lowest BCUT2D eigenvalue weighted by atomic mass is 10.1. The molecule has 0 bridgehead atoms. The van der Waals surface area contributed by atoms with E-state index in [1.165, 1.54) is 0 Å². The number of fused-ring (bicyclic) bond motifs is 1. The van der Waals surface area contributed by atoms with Gasteiger partial charge in [-0.1, -0.05) is 18.2 Å². The largest absolute Gasteiger partial charge is 0.495 e. The second-order valence-electron chi connectivity index (χ2n) is 6.89. The summed E-state index contributed by atoms with van der Waals surface area (Å²) in [5.74, 6) is 1.78. The minimum Gasteiger partial charge on any atom is -0.495 e. The number of rotatable bonds is 5. The highest BCUT2D eigenvalue weighted by Gasteiger charge is 2.34. The molecule has 0 saturated carbocycles. The number of urea groups is 1. The zero-order valence-corrected chi connectivity index (χ0v) is 16.1. The van der Waals surface area contributed by atoms with Crippen molar-refractivity contribution in [3.63, 3.8) is 0 Å². The highest BCUT2D eigenvalue weighted by atomic mass is 16.7. The highest BCUT2D eigenvalue weighted by molar-refractivity contribution is 5.95. The molecule has 0 spiro atoms. The Labute approximate surface area is 168 Å². The minimum atomic E-state index is -0.501. The number of hydrogen-bond acceptors (Lipinski definition) is 5. The van der Waals surface area contributed by atoms with Gasteiger partial charge in [0.15, 0.2) is 11.5 Å². The van der Waals surface area contributed by atoms with E-state index in [0.29, 0.717) is 42.4 Å². The lowest BCUT2D eigenvalue weighted by molar-refractivity contribution is -0.124. The van der Waals surface area contributed by atoms with Crippen molar-refractivity contribution in [1.82, 2.24) is 10.2 Å². The molecule has 2 aromatic carbocycles. The zero-order chi connectivity index (χ0) is 20.2. The van der Waals surface area contributed by atoms with Crippen LogP contribution < -0.4 is 24.8 Å². The van der Waals surface area contributed by atoms with Crippen LogP contribution in [0, 0.1) is 0 Å². The third kappa shape index (κ3) is 4.06. The van der Waals surface area contributed by atoms with Gasteiger partial charge in [-0.05, 0) is 42.7 Å². The maximum Gasteiger partial charge on any atom is 0.322 e. The van der Waals surface area contributed by atoms with E-state index in [1.54, 1.807) is 24.1 Å². The van der Waals surface area contributed by atoms with Gasteiger partial charge in [-0.25, -0.2) is 4.79 Å². The van der Waals surface area contributed by atoms with Crippen molar-refractivity contribution in [3.05, 3.63) is 48.0 Å². The second-order valence-corrected chi connectivity index (χ2v) is 6.89. The summed E-state index contributed by atoms with van der Waals surface area (Å²) in [5.41, 5.74) is 1.48. The predicted octanol–water partition coefficient (Wildman–Crippen LogP) is 2.74. The molecule has 2 aromatic rings. The fraction of sp³-hybridized carbons (Fsp3) is 0.333. The predicted molar refractivity (Wildman–Crippen MR) is 106 cm³/mol. The van der Waals surface area contributed by atoms with Crippen LogP contribution in [0.15, 0.2) is 42.5 Å². The SMILES string of the molecule is COc1ccccc1NC(=O)N1CCC[C@@H]1C(=O)NCc1ccc2c(c1)OCO2. The summed E-state index contributed by atoms with van der Waals surface area (Å²) in [7, 11) is 1.55. The summed E-state index contributed by atoms with van der Waals surface area (Å²) in [6.45, 7) is 1.10. The Kier molecular flexibility index (Phi) is 5.41. The number of likely N-dealkylation sites (tertiary alicyclic amines) is 1. The lowest BCUT2D eigenvalue weighted by Crippen LogP contribution is -2.47. The first-order valence-electron chi connectivity index (χ1n) is 9.52. The quantitative estimate of drug-likeness (QED) is 0.810. The molecular formula is C21H23N3O5. The van der Waals surface area contributed by atoms with Crippen molar-refractivity contribution >= 4 is 17.6 Å². The summed E-state index contributed by atoms with van der Waals surface area (Å²) in [6.07, 6.45) is 1.41. The van der Waals surface area contributed by atoms with E-state index in [2.05, 4.69) is 10.6 Å². The Bertz CT molecular complexity index is 917. The molecule has 2 heterocycles. The van der Waals surface area contributed by atoms with E-state index in [9.17, 15) is 9.59 Å². The molecule has 1 fully saturated rings. The molecule has 0 aliphatic carbocycles. The highest BCUT2D eigenvalue weighted by Crippen LogP contribution is 2.32. The van der Waals surface area contributed by atoms with Crippen LogP contribution in [0.4, 0.5) is 10.5 Å². The van der Waals surface area contributed by atoms with Gasteiger partial charge in [0, 0.05) is 13.1 Å². The molecule has 4 rings (SSSR count). The van der Waals surface area contributed by atoms with E-state index in [-0.39, 0.29) is 18.7 Å². The van der Waals surface area contributed by atoms with Crippen LogP contribution >= 0.6 is 0 Å². The van der Waals surface area contributed by atoms with Crippen molar-refractivity contribution in [3.8, 4) is 17.2 Å². The van der Waals surface area contributed by atoms with Gasteiger partial charge in [0.1, 0.15) is 11.8 Å². The number of amides is 3. The van der Waals surface area contributed by atoms with Crippen molar-refractivity contribution in [1.29, 1.82) is 0 Å². The number of para-hydroxylation sites is 2. The fourth-order valence-electron chi connectivity index (χ4n) is 3.58. The summed E-state index contributed by atoms with van der Waals surface area (Å²) in [6, 6.07) is 11.9. The smallest absolute Gasteiger partial charge is 0.322 e. The Hall–Kier alpha value is -3.42. The minimum absolute atomic E-state index is 0.171. The molecule has 0 unspecified atom stereocenters. The second kappa shape index (κ2) is 8.30. The third-order valence-electron chi connectivity index (χ3n) is 5.07. The number of carbonyl (C=O) groups is 2. The molecule has 1 saturated heterocycles. The Morgan fingerprint density at radius 2 is 2.00 bits per heavy atom. The molecule has 2 aliphatic heterocycles. The number of nitrogens with zero attached hydrogens (tertiary/aromatic N) is 1. The van der Waals surface area contributed by atoms with Gasteiger partial charge >= 0.3 is 6.03 Å². The zero-order valence-electron chi connectivity index (χ0n) is 16.1. The van der Waals surface area contributed by atoms with Gasteiger partial charge in [0.2, 0.25) is 12.7 Å². The maximum atomic E-state index is 12.7. The maximum absolute atomic E-state index is 12.7. The molecular weight excluding hydrogens is 374 g/mol. The van der Waals surface area contributed by atoms with E-state index in [1.807, 2.05) is 30.3 Å². The van der Waals surface area contributed by atoms with Gasteiger partial charge < -0.3 is 29.7 Å². The number of anilines is 1.